The fourth-order valence-electron chi connectivity index (χ4n) is 1.21. The Kier molecular flexibility index (Phi) is 2.52. The molecule has 4 nitrogen and oxygen atoms in total. The van der Waals surface area contributed by atoms with E-state index in [9.17, 15) is 15.3 Å². The first kappa shape index (κ1) is 10.9. The van der Waals surface area contributed by atoms with Gasteiger partial charge >= 0.3 is 0 Å². The summed E-state index contributed by atoms with van der Waals surface area (Å²) in [5.74, 6) is -1.16. The van der Waals surface area contributed by atoms with Gasteiger partial charge in [0.15, 0.2) is 11.5 Å². The van der Waals surface area contributed by atoms with Crippen LogP contribution in [0.25, 0.3) is 0 Å². The second-order valence-electron chi connectivity index (χ2n) is 3.67. The Morgan fingerprint density at radius 1 is 1.21 bits per heavy atom. The van der Waals surface area contributed by atoms with Gasteiger partial charge in [-0.25, -0.2) is 0 Å². The van der Waals surface area contributed by atoms with Gasteiger partial charge in [0.2, 0.25) is 0 Å². The van der Waals surface area contributed by atoms with E-state index in [2.05, 4.69) is 0 Å². The monoisotopic (exact) mass is 217 g/mol. The molecule has 1 aromatic rings. The molecule has 0 heterocycles. The van der Waals surface area contributed by atoms with E-state index >= 15 is 0 Å². The second kappa shape index (κ2) is 3.22. The van der Waals surface area contributed by atoms with E-state index in [1.807, 2.05) is 0 Å². The van der Waals surface area contributed by atoms with Crippen LogP contribution in [0.5, 0.6) is 17.2 Å². The van der Waals surface area contributed by atoms with Gasteiger partial charge in [-0.15, -0.1) is 0 Å². The molecule has 0 saturated carbocycles. The van der Waals surface area contributed by atoms with Crippen LogP contribution in [0.4, 0.5) is 0 Å². The zero-order chi connectivity index (χ0) is 11.1. The van der Waals surface area contributed by atoms with Gasteiger partial charge in [0.1, 0.15) is 5.75 Å². The van der Waals surface area contributed by atoms with E-state index in [0.717, 1.165) is 6.07 Å². The van der Waals surface area contributed by atoms with Crippen molar-refractivity contribution in [2.75, 3.05) is 0 Å². The summed E-state index contributed by atoms with van der Waals surface area (Å²) in [5, 5.41) is 28.0. The molecule has 0 saturated heterocycles. The molecule has 0 amide bonds. The minimum Gasteiger partial charge on any atom is -0.506 e. The zero-order valence-corrected chi connectivity index (χ0v) is 8.63. The number of phenolic OH excluding ortho intramolecular Hbond substituents is 3. The van der Waals surface area contributed by atoms with E-state index in [4.69, 9.17) is 17.3 Å². The van der Waals surface area contributed by atoms with Crippen molar-refractivity contribution >= 4 is 11.6 Å². The smallest absolute Gasteiger partial charge is 0.164 e. The Bertz CT molecular complexity index is 345. The predicted octanol–water partition coefficient (Wildman–Crippen LogP) is 1.65. The van der Waals surface area contributed by atoms with Crippen LogP contribution < -0.4 is 5.73 Å². The van der Waals surface area contributed by atoms with Crippen LogP contribution in [0.3, 0.4) is 0 Å². The number of hydrogen-bond donors (Lipinski definition) is 4. The first-order chi connectivity index (χ1) is 6.25. The molecule has 0 unspecified atom stereocenters. The molecule has 0 aliphatic carbocycles. The SMILES string of the molecule is CC(C)(N)c1c(O)c(O)cc(O)c1Cl. The van der Waals surface area contributed by atoms with Crippen LogP contribution in [0.2, 0.25) is 5.02 Å². The van der Waals surface area contributed by atoms with Crippen LogP contribution in [0.15, 0.2) is 6.07 Å². The van der Waals surface area contributed by atoms with Crippen LogP contribution in [-0.2, 0) is 5.54 Å². The molecule has 0 aliphatic rings. The van der Waals surface area contributed by atoms with Crippen LogP contribution in [0.1, 0.15) is 19.4 Å². The molecule has 0 radical (unpaired) electrons. The summed E-state index contributed by atoms with van der Waals surface area (Å²) < 4.78 is 0. The molecule has 78 valence electrons. The zero-order valence-electron chi connectivity index (χ0n) is 7.87. The Labute approximate surface area is 86.6 Å². The van der Waals surface area contributed by atoms with Crippen molar-refractivity contribution in [2.24, 2.45) is 5.73 Å². The minimum atomic E-state index is -0.947. The highest BCUT2D eigenvalue weighted by atomic mass is 35.5. The van der Waals surface area contributed by atoms with Crippen molar-refractivity contribution in [3.05, 3.63) is 16.7 Å². The molecule has 0 aromatic heterocycles. The lowest BCUT2D eigenvalue weighted by molar-refractivity contribution is 0.379. The third-order valence-corrected chi connectivity index (χ3v) is 2.22. The van der Waals surface area contributed by atoms with Crippen molar-refractivity contribution in [2.45, 2.75) is 19.4 Å². The number of hydrogen-bond acceptors (Lipinski definition) is 4. The standard InChI is InChI=1S/C9H12ClNO3/c1-9(2,11)6-7(10)4(12)3-5(13)8(6)14/h3,12-14H,11H2,1-2H3. The predicted molar refractivity (Wildman–Crippen MR) is 53.7 cm³/mol. The molecular weight excluding hydrogens is 206 g/mol. The lowest BCUT2D eigenvalue weighted by Gasteiger charge is -2.22. The number of phenols is 3. The summed E-state index contributed by atoms with van der Waals surface area (Å²) in [4.78, 5) is 0. The second-order valence-corrected chi connectivity index (χ2v) is 4.05. The van der Waals surface area contributed by atoms with E-state index < -0.39 is 17.0 Å². The van der Waals surface area contributed by atoms with Gasteiger partial charge in [0, 0.05) is 17.2 Å². The highest BCUT2D eigenvalue weighted by Gasteiger charge is 2.26. The van der Waals surface area contributed by atoms with Gasteiger partial charge < -0.3 is 21.1 Å². The topological polar surface area (TPSA) is 86.7 Å². The summed E-state index contributed by atoms with van der Waals surface area (Å²) in [6.07, 6.45) is 0. The lowest BCUT2D eigenvalue weighted by atomic mass is 9.94. The molecule has 1 aromatic carbocycles. The molecule has 0 spiro atoms. The van der Waals surface area contributed by atoms with Gasteiger partial charge in [-0.3, -0.25) is 0 Å². The molecule has 0 fully saturated rings. The van der Waals surface area contributed by atoms with E-state index in [0.29, 0.717) is 0 Å². The van der Waals surface area contributed by atoms with E-state index in [1.165, 1.54) is 0 Å². The normalized spacial score (nSPS) is 11.7. The van der Waals surface area contributed by atoms with Crippen molar-refractivity contribution < 1.29 is 15.3 Å². The first-order valence-electron chi connectivity index (χ1n) is 3.98. The van der Waals surface area contributed by atoms with Crippen LogP contribution >= 0.6 is 11.6 Å². The van der Waals surface area contributed by atoms with Gasteiger partial charge in [0.05, 0.1) is 5.02 Å². The van der Waals surface area contributed by atoms with Crippen molar-refractivity contribution in [1.29, 1.82) is 0 Å². The van der Waals surface area contributed by atoms with Crippen molar-refractivity contribution in [3.8, 4) is 17.2 Å². The highest BCUT2D eigenvalue weighted by molar-refractivity contribution is 6.33. The van der Waals surface area contributed by atoms with Crippen molar-refractivity contribution in [1.82, 2.24) is 0 Å². The molecule has 0 aliphatic heterocycles. The van der Waals surface area contributed by atoms with Crippen LogP contribution in [0, 0.1) is 0 Å². The maximum Gasteiger partial charge on any atom is 0.164 e. The van der Waals surface area contributed by atoms with E-state index in [1.54, 1.807) is 13.8 Å². The average molecular weight is 218 g/mol. The largest absolute Gasteiger partial charge is 0.506 e. The molecule has 5 heteroatoms. The summed E-state index contributed by atoms with van der Waals surface area (Å²) in [5.41, 5.74) is 4.90. The fraction of sp³-hybridized carbons (Fsp3) is 0.333. The third kappa shape index (κ3) is 1.71. The van der Waals surface area contributed by atoms with Crippen LogP contribution in [-0.4, -0.2) is 15.3 Å². The Morgan fingerprint density at radius 2 is 1.71 bits per heavy atom. The Balaban J connectivity index is 3.56. The number of aromatic hydroxyl groups is 3. The summed E-state index contributed by atoms with van der Waals surface area (Å²) in [6.45, 7) is 3.21. The Hall–Kier alpha value is -1.13. The Morgan fingerprint density at radius 3 is 2.14 bits per heavy atom. The first-order valence-corrected chi connectivity index (χ1v) is 4.35. The maximum absolute atomic E-state index is 9.51. The molecule has 0 atom stereocenters. The maximum atomic E-state index is 9.51. The lowest BCUT2D eigenvalue weighted by Crippen LogP contribution is -2.29. The summed E-state index contributed by atoms with van der Waals surface area (Å²) in [7, 11) is 0. The quantitative estimate of drug-likeness (QED) is 0.426. The summed E-state index contributed by atoms with van der Waals surface area (Å²) >= 11 is 5.75. The van der Waals surface area contributed by atoms with E-state index in [-0.39, 0.29) is 16.3 Å². The summed E-state index contributed by atoms with van der Waals surface area (Å²) in [6, 6.07) is 0.965. The molecule has 1 rings (SSSR count). The fourth-order valence-corrected chi connectivity index (χ4v) is 1.60. The van der Waals surface area contributed by atoms with Crippen molar-refractivity contribution in [3.63, 3.8) is 0 Å². The third-order valence-electron chi connectivity index (χ3n) is 1.84. The number of rotatable bonds is 1. The molecule has 14 heavy (non-hydrogen) atoms. The average Bonchev–Trinajstić information content (AvgIpc) is 1.98. The minimum absolute atomic E-state index is 0.0483. The number of halogens is 1. The van der Waals surface area contributed by atoms with Gasteiger partial charge in [-0.1, -0.05) is 11.6 Å². The van der Waals surface area contributed by atoms with Gasteiger partial charge in [-0.05, 0) is 13.8 Å². The molecular formula is C9H12ClNO3. The van der Waals surface area contributed by atoms with Gasteiger partial charge in [0.25, 0.3) is 0 Å². The molecule has 0 bridgehead atoms. The number of nitrogens with two attached hydrogens (primary N) is 1. The highest BCUT2D eigenvalue weighted by Crippen LogP contribution is 2.44. The molecule has 5 N–H and O–H groups in total. The number of benzene rings is 1. The van der Waals surface area contributed by atoms with Gasteiger partial charge in [-0.2, -0.15) is 0 Å².